The van der Waals surface area contributed by atoms with Crippen LogP contribution in [0.5, 0.6) is 5.75 Å². The third kappa shape index (κ3) is 4.84. The molecule has 1 amide bonds. The van der Waals surface area contributed by atoms with E-state index in [4.69, 9.17) is 9.15 Å². The number of nitrogens with zero attached hydrogens (tertiary/aromatic N) is 2. The maximum absolute atomic E-state index is 13.2. The van der Waals surface area contributed by atoms with Crippen molar-refractivity contribution >= 4 is 42.4 Å². The average Bonchev–Trinajstić information content (AvgIpc) is 3.45. The Labute approximate surface area is 190 Å². The number of anilines is 1. The molecule has 2 heterocycles. The second-order valence-electron chi connectivity index (χ2n) is 7.27. The number of amides is 1. The summed E-state index contributed by atoms with van der Waals surface area (Å²) in [6.07, 6.45) is 1.36. The molecule has 9 heteroatoms. The van der Waals surface area contributed by atoms with Gasteiger partial charge in [0.15, 0.2) is 15.0 Å². The molecule has 0 aliphatic carbocycles. The number of aryl methyl sites for hydroxylation is 1. The van der Waals surface area contributed by atoms with Crippen LogP contribution in [-0.2, 0) is 21.2 Å². The number of benzene rings is 2. The van der Waals surface area contributed by atoms with Gasteiger partial charge in [-0.2, -0.15) is 0 Å². The van der Waals surface area contributed by atoms with E-state index < -0.39 is 9.84 Å². The molecule has 0 spiro atoms. The molecular formula is C23H22N2O5S2. The second kappa shape index (κ2) is 9.13. The van der Waals surface area contributed by atoms with Gasteiger partial charge < -0.3 is 9.15 Å². The fraction of sp³-hybridized carbons (Fsp3) is 0.217. The van der Waals surface area contributed by atoms with Gasteiger partial charge in [-0.05, 0) is 43.3 Å². The van der Waals surface area contributed by atoms with Crippen LogP contribution < -0.4 is 9.64 Å². The van der Waals surface area contributed by atoms with Gasteiger partial charge in [-0.1, -0.05) is 29.0 Å². The Kier molecular flexibility index (Phi) is 6.29. The predicted molar refractivity (Wildman–Crippen MR) is 124 cm³/mol. The number of hydrogen-bond acceptors (Lipinski definition) is 7. The molecule has 0 aliphatic rings. The number of methoxy groups -OCH3 is 1. The summed E-state index contributed by atoms with van der Waals surface area (Å²) in [7, 11) is -2.01. The average molecular weight is 471 g/mol. The van der Waals surface area contributed by atoms with Gasteiger partial charge in [0.05, 0.1) is 40.8 Å². The summed E-state index contributed by atoms with van der Waals surface area (Å²) < 4.78 is 37.0. The van der Waals surface area contributed by atoms with Gasteiger partial charge in [0.25, 0.3) is 0 Å². The van der Waals surface area contributed by atoms with E-state index >= 15 is 0 Å². The van der Waals surface area contributed by atoms with Crippen molar-refractivity contribution in [3.8, 4) is 5.75 Å². The number of thiazole rings is 1. The number of aromatic nitrogens is 1. The molecule has 0 saturated heterocycles. The Morgan fingerprint density at radius 3 is 2.62 bits per heavy atom. The third-order valence-corrected chi connectivity index (χ3v) is 7.77. The maximum atomic E-state index is 13.2. The molecule has 0 radical (unpaired) electrons. The number of sulfone groups is 1. The summed E-state index contributed by atoms with van der Waals surface area (Å²) in [6.45, 7) is 2.05. The minimum absolute atomic E-state index is 0.160. The molecule has 0 unspecified atom stereocenters. The lowest BCUT2D eigenvalue weighted by Crippen LogP contribution is -2.31. The number of carbonyl (C=O) groups is 1. The third-order valence-electron chi connectivity index (χ3n) is 4.97. The topological polar surface area (TPSA) is 89.7 Å². The molecule has 7 nitrogen and oxygen atoms in total. The molecule has 0 atom stereocenters. The van der Waals surface area contributed by atoms with Crippen molar-refractivity contribution < 1.29 is 22.4 Å². The molecule has 2 aromatic carbocycles. The minimum Gasteiger partial charge on any atom is -0.497 e. The molecule has 0 N–H and O–H groups in total. The van der Waals surface area contributed by atoms with Crippen LogP contribution in [0.2, 0.25) is 0 Å². The van der Waals surface area contributed by atoms with E-state index in [9.17, 15) is 13.2 Å². The molecular weight excluding hydrogens is 448 g/mol. The molecule has 0 aliphatic heterocycles. The summed E-state index contributed by atoms with van der Waals surface area (Å²) in [6, 6.07) is 15.6. The fourth-order valence-corrected chi connectivity index (χ4v) is 5.37. The zero-order chi connectivity index (χ0) is 22.7. The van der Waals surface area contributed by atoms with E-state index in [1.54, 1.807) is 49.6 Å². The highest BCUT2D eigenvalue weighted by atomic mass is 32.2. The summed E-state index contributed by atoms with van der Waals surface area (Å²) >= 11 is 1.35. The van der Waals surface area contributed by atoms with E-state index in [2.05, 4.69) is 4.98 Å². The van der Waals surface area contributed by atoms with Crippen molar-refractivity contribution in [2.45, 2.75) is 24.8 Å². The van der Waals surface area contributed by atoms with E-state index in [1.807, 2.05) is 19.1 Å². The van der Waals surface area contributed by atoms with Gasteiger partial charge in [0.2, 0.25) is 5.91 Å². The van der Waals surface area contributed by atoms with Crippen LogP contribution in [-0.4, -0.2) is 32.2 Å². The summed E-state index contributed by atoms with van der Waals surface area (Å²) in [4.78, 5) is 19.4. The van der Waals surface area contributed by atoms with Crippen molar-refractivity contribution in [2.75, 3.05) is 17.8 Å². The van der Waals surface area contributed by atoms with Crippen LogP contribution in [0, 0.1) is 6.92 Å². The Morgan fingerprint density at radius 2 is 1.94 bits per heavy atom. The summed E-state index contributed by atoms with van der Waals surface area (Å²) in [5.41, 5.74) is 1.67. The highest BCUT2D eigenvalue weighted by Crippen LogP contribution is 2.32. The van der Waals surface area contributed by atoms with E-state index in [0.29, 0.717) is 22.2 Å². The van der Waals surface area contributed by atoms with Crippen molar-refractivity contribution in [2.24, 2.45) is 0 Å². The van der Waals surface area contributed by atoms with Gasteiger partial charge in [-0.15, -0.1) is 0 Å². The molecule has 32 heavy (non-hydrogen) atoms. The monoisotopic (exact) mass is 470 g/mol. The first-order chi connectivity index (χ1) is 15.4. The summed E-state index contributed by atoms with van der Waals surface area (Å²) in [5, 5.41) is 0.474. The lowest BCUT2D eigenvalue weighted by molar-refractivity contribution is -0.118. The molecule has 0 fully saturated rings. The van der Waals surface area contributed by atoms with Gasteiger partial charge in [0, 0.05) is 12.5 Å². The largest absolute Gasteiger partial charge is 0.497 e. The van der Waals surface area contributed by atoms with Crippen molar-refractivity contribution in [3.05, 3.63) is 72.2 Å². The second-order valence-corrected chi connectivity index (χ2v) is 10.4. The number of hydrogen-bond donors (Lipinski definition) is 0. The van der Waals surface area contributed by atoms with Crippen LogP contribution in [0.15, 0.2) is 70.2 Å². The van der Waals surface area contributed by atoms with Crippen molar-refractivity contribution in [3.63, 3.8) is 0 Å². The molecule has 166 valence electrons. The van der Waals surface area contributed by atoms with Gasteiger partial charge in [-0.3, -0.25) is 9.69 Å². The molecule has 2 aromatic heterocycles. The molecule has 0 bridgehead atoms. The van der Waals surface area contributed by atoms with Crippen LogP contribution in [0.25, 0.3) is 10.2 Å². The number of fused-ring (bicyclic) bond motifs is 1. The Hall–Kier alpha value is -3.17. The number of ether oxygens (including phenoxy) is 1. The molecule has 4 aromatic rings. The molecule has 0 saturated carbocycles. The van der Waals surface area contributed by atoms with Crippen LogP contribution in [0.1, 0.15) is 17.7 Å². The first kappa shape index (κ1) is 22.0. The van der Waals surface area contributed by atoms with Crippen LogP contribution in [0.3, 0.4) is 0 Å². The van der Waals surface area contributed by atoms with Crippen molar-refractivity contribution in [1.29, 1.82) is 0 Å². The highest BCUT2D eigenvalue weighted by Gasteiger charge is 2.24. The van der Waals surface area contributed by atoms with Crippen LogP contribution in [0.4, 0.5) is 5.13 Å². The zero-order valence-electron chi connectivity index (χ0n) is 17.6. The predicted octanol–water partition coefficient (Wildman–Crippen LogP) is 4.60. The number of furan rings is 1. The van der Waals surface area contributed by atoms with E-state index in [1.165, 1.54) is 22.5 Å². The first-order valence-electron chi connectivity index (χ1n) is 9.92. The SMILES string of the molecule is COc1ccc2sc(N(Cc3ccco3)C(=O)CCS(=O)(=O)c3ccc(C)cc3)nc2c1. The van der Waals surface area contributed by atoms with E-state index in [0.717, 1.165) is 10.3 Å². The van der Waals surface area contributed by atoms with E-state index in [-0.39, 0.29) is 29.5 Å². The lowest BCUT2D eigenvalue weighted by Gasteiger charge is -2.18. The molecule has 4 rings (SSSR count). The van der Waals surface area contributed by atoms with Gasteiger partial charge in [0.1, 0.15) is 11.5 Å². The minimum atomic E-state index is -3.59. The Balaban J connectivity index is 1.58. The van der Waals surface area contributed by atoms with Gasteiger partial charge in [-0.25, -0.2) is 13.4 Å². The standard InChI is InChI=1S/C23H22N2O5S2/c1-16-5-8-19(9-6-16)32(27,28)13-11-22(26)25(15-18-4-3-12-30-18)23-24-20-14-17(29-2)7-10-21(20)31-23/h3-10,12,14H,11,13,15H2,1-2H3. The highest BCUT2D eigenvalue weighted by molar-refractivity contribution is 7.91. The quantitative estimate of drug-likeness (QED) is 0.374. The Bertz CT molecular complexity index is 1330. The summed E-state index contributed by atoms with van der Waals surface area (Å²) in [5.74, 6) is 0.615. The van der Waals surface area contributed by atoms with Crippen molar-refractivity contribution in [1.82, 2.24) is 4.98 Å². The number of carbonyl (C=O) groups excluding carboxylic acids is 1. The normalized spacial score (nSPS) is 11.6. The number of rotatable bonds is 8. The van der Waals surface area contributed by atoms with Crippen LogP contribution >= 0.6 is 11.3 Å². The smallest absolute Gasteiger partial charge is 0.230 e. The van der Waals surface area contributed by atoms with Gasteiger partial charge >= 0.3 is 0 Å². The zero-order valence-corrected chi connectivity index (χ0v) is 19.3. The maximum Gasteiger partial charge on any atom is 0.230 e. The fourth-order valence-electron chi connectivity index (χ4n) is 3.18. The Morgan fingerprint density at radius 1 is 1.16 bits per heavy atom. The lowest BCUT2D eigenvalue weighted by atomic mass is 10.2. The first-order valence-corrected chi connectivity index (χ1v) is 12.4.